The Morgan fingerprint density at radius 1 is 1.40 bits per heavy atom. The smallest absolute Gasteiger partial charge is 0.0331 e. The van der Waals surface area contributed by atoms with Gasteiger partial charge in [-0.25, -0.2) is 0 Å². The van der Waals surface area contributed by atoms with E-state index >= 15 is 0 Å². The minimum absolute atomic E-state index is 0.476. The molecule has 0 spiro atoms. The van der Waals surface area contributed by atoms with Gasteiger partial charge in [0.1, 0.15) is 0 Å². The average Bonchev–Trinajstić information content (AvgIpc) is 2.21. The van der Waals surface area contributed by atoms with Crippen molar-refractivity contribution >= 4 is 38.5 Å². The molecule has 0 amide bonds. The van der Waals surface area contributed by atoms with Crippen LogP contribution < -0.4 is 5.32 Å². The molecular weight excluding hydrogens is 365 g/mol. The first kappa shape index (κ1) is 13.5. The lowest BCUT2D eigenvalue weighted by Crippen LogP contribution is -2.21. The van der Waals surface area contributed by atoms with Crippen molar-refractivity contribution in [3.05, 3.63) is 31.8 Å². The van der Waals surface area contributed by atoms with E-state index in [-0.39, 0.29) is 0 Å². The van der Waals surface area contributed by atoms with Gasteiger partial charge in [-0.1, -0.05) is 36.2 Å². The van der Waals surface area contributed by atoms with Crippen LogP contribution in [0.1, 0.15) is 38.3 Å². The fourth-order valence-electron chi connectivity index (χ4n) is 1.68. The molecule has 84 valence electrons. The first-order valence-corrected chi connectivity index (χ1v) is 7.24. The molecular formula is C12H17BrIN. The van der Waals surface area contributed by atoms with Crippen molar-refractivity contribution in [2.75, 3.05) is 6.54 Å². The van der Waals surface area contributed by atoms with Crippen LogP contribution in [0, 0.1) is 3.57 Å². The number of hydrogen-bond acceptors (Lipinski definition) is 1. The van der Waals surface area contributed by atoms with Gasteiger partial charge in [0.05, 0.1) is 0 Å². The van der Waals surface area contributed by atoms with Crippen LogP contribution in [0.3, 0.4) is 0 Å². The summed E-state index contributed by atoms with van der Waals surface area (Å²) >= 11 is 5.99. The predicted octanol–water partition coefficient (Wildman–Crippen LogP) is 4.50. The summed E-state index contributed by atoms with van der Waals surface area (Å²) in [5.74, 6) is 0. The molecule has 0 fully saturated rings. The Hall–Kier alpha value is 0.390. The van der Waals surface area contributed by atoms with Crippen molar-refractivity contribution in [1.29, 1.82) is 0 Å². The molecule has 1 aromatic rings. The fourth-order valence-corrected chi connectivity index (χ4v) is 2.72. The largest absolute Gasteiger partial charge is 0.310 e. The Bertz CT molecular complexity index is 308. The van der Waals surface area contributed by atoms with Crippen molar-refractivity contribution in [2.45, 2.75) is 32.7 Å². The number of hydrogen-bond donors (Lipinski definition) is 1. The van der Waals surface area contributed by atoms with Gasteiger partial charge in [0.25, 0.3) is 0 Å². The predicted molar refractivity (Wildman–Crippen MR) is 78.2 cm³/mol. The fraction of sp³-hybridized carbons (Fsp3) is 0.500. The van der Waals surface area contributed by atoms with E-state index in [1.54, 1.807) is 0 Å². The number of halogens is 2. The average molecular weight is 382 g/mol. The number of nitrogens with one attached hydrogen (secondary N) is 1. The first-order chi connectivity index (χ1) is 7.19. The van der Waals surface area contributed by atoms with Crippen LogP contribution in [0.2, 0.25) is 0 Å². The van der Waals surface area contributed by atoms with Gasteiger partial charge in [0.15, 0.2) is 0 Å². The third kappa shape index (κ3) is 4.04. The van der Waals surface area contributed by atoms with Crippen molar-refractivity contribution in [2.24, 2.45) is 0 Å². The monoisotopic (exact) mass is 381 g/mol. The Kier molecular flexibility index (Phi) is 6.16. The van der Waals surface area contributed by atoms with Crippen LogP contribution in [0.15, 0.2) is 22.7 Å². The normalized spacial score (nSPS) is 12.8. The lowest BCUT2D eigenvalue weighted by atomic mass is 10.0. The topological polar surface area (TPSA) is 12.0 Å². The second-order valence-corrected chi connectivity index (χ2v) is 5.66. The maximum Gasteiger partial charge on any atom is 0.0331 e. The summed E-state index contributed by atoms with van der Waals surface area (Å²) < 4.78 is 2.51. The quantitative estimate of drug-likeness (QED) is 0.740. The third-order valence-electron chi connectivity index (χ3n) is 2.36. The van der Waals surface area contributed by atoms with Gasteiger partial charge >= 0.3 is 0 Å². The van der Waals surface area contributed by atoms with Crippen LogP contribution in [-0.2, 0) is 0 Å². The zero-order valence-electron chi connectivity index (χ0n) is 9.19. The highest BCUT2D eigenvalue weighted by molar-refractivity contribution is 14.1. The zero-order chi connectivity index (χ0) is 11.3. The molecule has 0 saturated heterocycles. The first-order valence-electron chi connectivity index (χ1n) is 5.37. The van der Waals surface area contributed by atoms with E-state index in [1.165, 1.54) is 26.4 Å². The molecule has 15 heavy (non-hydrogen) atoms. The maximum atomic E-state index is 3.63. The van der Waals surface area contributed by atoms with E-state index in [9.17, 15) is 0 Å². The molecule has 1 rings (SSSR count). The summed E-state index contributed by atoms with van der Waals surface area (Å²) in [5, 5.41) is 3.53. The van der Waals surface area contributed by atoms with Gasteiger partial charge < -0.3 is 5.32 Å². The van der Waals surface area contributed by atoms with Crippen molar-refractivity contribution in [3.63, 3.8) is 0 Å². The second kappa shape index (κ2) is 6.86. The van der Waals surface area contributed by atoms with E-state index in [0.29, 0.717) is 6.04 Å². The minimum Gasteiger partial charge on any atom is -0.310 e. The Balaban J connectivity index is 2.93. The van der Waals surface area contributed by atoms with E-state index in [4.69, 9.17) is 0 Å². The van der Waals surface area contributed by atoms with Crippen molar-refractivity contribution < 1.29 is 0 Å². The molecule has 0 aliphatic rings. The van der Waals surface area contributed by atoms with Crippen molar-refractivity contribution in [1.82, 2.24) is 5.32 Å². The highest BCUT2D eigenvalue weighted by atomic mass is 127. The van der Waals surface area contributed by atoms with E-state index < -0.39 is 0 Å². The Labute approximate surface area is 114 Å². The van der Waals surface area contributed by atoms with Gasteiger partial charge in [-0.15, -0.1) is 0 Å². The Morgan fingerprint density at radius 3 is 2.73 bits per heavy atom. The van der Waals surface area contributed by atoms with Gasteiger partial charge in [-0.05, 0) is 59.3 Å². The molecule has 0 aliphatic heterocycles. The third-order valence-corrected chi connectivity index (χ3v) is 3.75. The minimum atomic E-state index is 0.476. The van der Waals surface area contributed by atoms with Gasteiger partial charge in [-0.3, -0.25) is 0 Å². The molecule has 0 radical (unpaired) electrons. The molecule has 1 N–H and O–H groups in total. The van der Waals surface area contributed by atoms with Crippen LogP contribution in [-0.4, -0.2) is 6.54 Å². The van der Waals surface area contributed by atoms with Crippen LogP contribution in [0.25, 0.3) is 0 Å². The molecule has 0 aliphatic carbocycles. The second-order valence-electron chi connectivity index (χ2n) is 3.56. The molecule has 1 atom stereocenters. The summed E-state index contributed by atoms with van der Waals surface area (Å²) in [7, 11) is 0. The highest BCUT2D eigenvalue weighted by Gasteiger charge is 2.12. The van der Waals surface area contributed by atoms with Gasteiger partial charge in [0.2, 0.25) is 0 Å². The van der Waals surface area contributed by atoms with Crippen LogP contribution >= 0.6 is 38.5 Å². The maximum absolute atomic E-state index is 3.63. The number of rotatable bonds is 5. The highest BCUT2D eigenvalue weighted by Crippen LogP contribution is 2.28. The SMILES string of the molecule is CCCC(NCC)c1cc(I)ccc1Br. The van der Waals surface area contributed by atoms with Crippen molar-refractivity contribution in [3.8, 4) is 0 Å². The molecule has 1 unspecified atom stereocenters. The van der Waals surface area contributed by atoms with E-state index in [0.717, 1.165) is 6.54 Å². The molecule has 1 aromatic carbocycles. The summed E-state index contributed by atoms with van der Waals surface area (Å²) in [4.78, 5) is 0. The summed E-state index contributed by atoms with van der Waals surface area (Å²) in [5.41, 5.74) is 1.38. The van der Waals surface area contributed by atoms with E-state index in [1.807, 2.05) is 0 Å². The molecule has 3 heteroatoms. The number of benzene rings is 1. The molecule has 0 aromatic heterocycles. The molecule has 0 saturated carbocycles. The molecule has 0 heterocycles. The molecule has 0 bridgehead atoms. The lowest BCUT2D eigenvalue weighted by molar-refractivity contribution is 0.507. The zero-order valence-corrected chi connectivity index (χ0v) is 12.9. The van der Waals surface area contributed by atoms with Gasteiger partial charge in [0, 0.05) is 14.1 Å². The van der Waals surface area contributed by atoms with Gasteiger partial charge in [-0.2, -0.15) is 0 Å². The standard InChI is InChI=1S/C12H17BrIN/c1-3-5-12(15-4-2)10-8-9(14)6-7-11(10)13/h6-8,12,15H,3-5H2,1-2H3. The van der Waals surface area contributed by atoms with Crippen LogP contribution in [0.5, 0.6) is 0 Å². The Morgan fingerprint density at radius 2 is 2.13 bits per heavy atom. The van der Waals surface area contributed by atoms with E-state index in [2.05, 4.69) is 75.9 Å². The molecule has 1 nitrogen and oxygen atoms in total. The van der Waals surface area contributed by atoms with Crippen LogP contribution in [0.4, 0.5) is 0 Å². The lowest BCUT2D eigenvalue weighted by Gasteiger charge is -2.19. The summed E-state index contributed by atoms with van der Waals surface area (Å²) in [6.07, 6.45) is 2.39. The summed E-state index contributed by atoms with van der Waals surface area (Å²) in [6.45, 7) is 5.40. The summed E-state index contributed by atoms with van der Waals surface area (Å²) in [6, 6.07) is 7.00.